The lowest BCUT2D eigenvalue weighted by Crippen LogP contribution is -2.08. The molecule has 0 aliphatic heterocycles. The van der Waals surface area contributed by atoms with Crippen molar-refractivity contribution in [3.05, 3.63) is 65.2 Å². The summed E-state index contributed by atoms with van der Waals surface area (Å²) in [5.74, 6) is -0.185. The van der Waals surface area contributed by atoms with E-state index in [0.717, 1.165) is 0 Å². The molecule has 132 valence electrons. The van der Waals surface area contributed by atoms with Crippen LogP contribution in [0.5, 0.6) is 11.5 Å². The van der Waals surface area contributed by atoms with Gasteiger partial charge in [0.15, 0.2) is 0 Å². The molecule has 2 rings (SSSR count). The summed E-state index contributed by atoms with van der Waals surface area (Å²) in [5.41, 5.74) is 0.900. The van der Waals surface area contributed by atoms with E-state index in [-0.39, 0.29) is 12.2 Å². The zero-order valence-electron chi connectivity index (χ0n) is 14.4. The van der Waals surface area contributed by atoms with E-state index in [1.165, 1.54) is 6.08 Å². The number of methoxy groups -OCH3 is 1. The summed E-state index contributed by atoms with van der Waals surface area (Å²) in [6.45, 7) is 1.86. The Bertz CT molecular complexity index is 845. The normalized spacial score (nSPS) is 10.6. The molecular formula is C20H17NO5. The predicted octanol–water partition coefficient (Wildman–Crippen LogP) is 3.38. The fourth-order valence-electron chi connectivity index (χ4n) is 2.04. The molecule has 0 atom stereocenters. The van der Waals surface area contributed by atoms with Gasteiger partial charge in [0.05, 0.1) is 19.3 Å². The molecule has 0 saturated heterocycles. The number of hydrogen-bond donors (Lipinski definition) is 0. The molecule has 0 amide bonds. The number of hydrogen-bond acceptors (Lipinski definition) is 6. The molecule has 0 heterocycles. The molecule has 2 aromatic carbocycles. The van der Waals surface area contributed by atoms with E-state index in [4.69, 9.17) is 19.5 Å². The van der Waals surface area contributed by atoms with Gasteiger partial charge in [-0.15, -0.1) is 0 Å². The number of nitrogens with zero attached hydrogens (tertiary/aromatic N) is 1. The van der Waals surface area contributed by atoms with Crippen LogP contribution in [0.15, 0.2) is 54.1 Å². The van der Waals surface area contributed by atoms with Gasteiger partial charge in [-0.05, 0) is 55.0 Å². The van der Waals surface area contributed by atoms with Crippen molar-refractivity contribution < 1.29 is 23.8 Å². The van der Waals surface area contributed by atoms with Crippen LogP contribution in [0, 0.1) is 11.3 Å². The second-order valence-electron chi connectivity index (χ2n) is 5.08. The van der Waals surface area contributed by atoms with Crippen LogP contribution in [-0.2, 0) is 9.53 Å². The number of ether oxygens (including phenoxy) is 3. The lowest BCUT2D eigenvalue weighted by molar-refractivity contribution is -0.137. The molecule has 0 N–H and O–H groups in total. The van der Waals surface area contributed by atoms with Gasteiger partial charge in [0.1, 0.15) is 23.1 Å². The third-order valence-corrected chi connectivity index (χ3v) is 3.34. The van der Waals surface area contributed by atoms with Gasteiger partial charge < -0.3 is 14.2 Å². The van der Waals surface area contributed by atoms with E-state index in [1.807, 2.05) is 0 Å². The second kappa shape index (κ2) is 9.04. The van der Waals surface area contributed by atoms with Gasteiger partial charge >= 0.3 is 11.9 Å². The zero-order valence-corrected chi connectivity index (χ0v) is 14.4. The zero-order chi connectivity index (χ0) is 18.9. The Labute approximate surface area is 151 Å². The number of esters is 2. The van der Waals surface area contributed by atoms with Gasteiger partial charge in [0, 0.05) is 0 Å². The van der Waals surface area contributed by atoms with Gasteiger partial charge in [-0.1, -0.05) is 12.1 Å². The van der Waals surface area contributed by atoms with Crippen LogP contribution in [0.4, 0.5) is 0 Å². The molecule has 0 aromatic heterocycles. The first kappa shape index (κ1) is 18.7. The lowest BCUT2D eigenvalue weighted by Gasteiger charge is -2.06. The van der Waals surface area contributed by atoms with Crippen molar-refractivity contribution in [1.82, 2.24) is 0 Å². The Morgan fingerprint density at radius 2 is 1.65 bits per heavy atom. The maximum Gasteiger partial charge on any atom is 0.348 e. The van der Waals surface area contributed by atoms with Gasteiger partial charge in [0.2, 0.25) is 0 Å². The summed E-state index contributed by atoms with van der Waals surface area (Å²) in [6.07, 6.45) is 1.41. The Balaban J connectivity index is 2.07. The topological polar surface area (TPSA) is 85.6 Å². The van der Waals surface area contributed by atoms with Crippen molar-refractivity contribution in [1.29, 1.82) is 5.26 Å². The molecule has 0 spiro atoms. The lowest BCUT2D eigenvalue weighted by atomic mass is 10.1. The minimum atomic E-state index is -0.676. The quantitative estimate of drug-likeness (QED) is 0.343. The smallest absolute Gasteiger partial charge is 0.348 e. The molecule has 0 radical (unpaired) electrons. The molecule has 0 bridgehead atoms. The summed E-state index contributed by atoms with van der Waals surface area (Å²) < 4.78 is 15.1. The van der Waals surface area contributed by atoms with E-state index in [9.17, 15) is 9.59 Å². The van der Waals surface area contributed by atoms with Crippen LogP contribution in [0.25, 0.3) is 6.08 Å². The van der Waals surface area contributed by atoms with Crippen LogP contribution in [0.1, 0.15) is 22.8 Å². The van der Waals surface area contributed by atoms with Crippen LogP contribution in [0.3, 0.4) is 0 Å². The van der Waals surface area contributed by atoms with Gasteiger partial charge in [-0.3, -0.25) is 0 Å². The second-order valence-corrected chi connectivity index (χ2v) is 5.08. The number of nitriles is 1. The summed E-state index contributed by atoms with van der Waals surface area (Å²) in [7, 11) is 1.54. The molecule has 0 fully saturated rings. The van der Waals surface area contributed by atoms with Crippen LogP contribution in [0.2, 0.25) is 0 Å². The molecular weight excluding hydrogens is 334 g/mol. The highest BCUT2D eigenvalue weighted by atomic mass is 16.5. The Hall–Kier alpha value is -3.59. The van der Waals surface area contributed by atoms with Gasteiger partial charge in [0.25, 0.3) is 0 Å². The van der Waals surface area contributed by atoms with Crippen molar-refractivity contribution in [2.24, 2.45) is 0 Å². The van der Waals surface area contributed by atoms with Gasteiger partial charge in [-0.25, -0.2) is 9.59 Å². The maximum absolute atomic E-state index is 12.1. The minimum Gasteiger partial charge on any atom is -0.497 e. The Morgan fingerprint density at radius 3 is 2.19 bits per heavy atom. The van der Waals surface area contributed by atoms with E-state index in [1.54, 1.807) is 68.6 Å². The van der Waals surface area contributed by atoms with Crippen molar-refractivity contribution in [2.45, 2.75) is 6.92 Å². The molecule has 0 unspecified atom stereocenters. The number of rotatable bonds is 6. The number of carbonyl (C=O) groups excluding carboxylic acids is 2. The fraction of sp³-hybridized carbons (Fsp3) is 0.150. The largest absolute Gasteiger partial charge is 0.497 e. The first-order valence-electron chi connectivity index (χ1n) is 7.82. The maximum atomic E-state index is 12.1. The molecule has 0 aliphatic carbocycles. The summed E-state index contributed by atoms with van der Waals surface area (Å²) in [6, 6.07) is 14.8. The molecule has 0 saturated carbocycles. The van der Waals surface area contributed by atoms with E-state index in [0.29, 0.717) is 22.6 Å². The average molecular weight is 351 g/mol. The Kier molecular flexibility index (Phi) is 6.52. The SMILES string of the molecule is CCOC(=O)/C(C#N)=C\c1ccc(OC(=O)c2ccc(OC)cc2)cc1. The first-order valence-corrected chi connectivity index (χ1v) is 7.82. The van der Waals surface area contributed by atoms with Crippen LogP contribution < -0.4 is 9.47 Å². The van der Waals surface area contributed by atoms with Crippen LogP contribution >= 0.6 is 0 Å². The van der Waals surface area contributed by atoms with E-state index >= 15 is 0 Å². The molecule has 0 aliphatic rings. The van der Waals surface area contributed by atoms with E-state index < -0.39 is 11.9 Å². The number of carbonyl (C=O) groups is 2. The minimum absolute atomic E-state index is 0.102. The first-order chi connectivity index (χ1) is 12.6. The molecule has 6 nitrogen and oxygen atoms in total. The van der Waals surface area contributed by atoms with Gasteiger partial charge in [-0.2, -0.15) is 5.26 Å². The molecule has 6 heteroatoms. The molecule has 26 heavy (non-hydrogen) atoms. The third kappa shape index (κ3) is 4.95. The van der Waals surface area contributed by atoms with E-state index in [2.05, 4.69) is 0 Å². The van der Waals surface area contributed by atoms with Crippen molar-refractivity contribution in [2.75, 3.05) is 13.7 Å². The predicted molar refractivity (Wildman–Crippen MR) is 94.6 cm³/mol. The van der Waals surface area contributed by atoms with Crippen LogP contribution in [-0.4, -0.2) is 25.7 Å². The highest BCUT2D eigenvalue weighted by molar-refractivity contribution is 5.97. The molecule has 2 aromatic rings. The Morgan fingerprint density at radius 1 is 1.04 bits per heavy atom. The summed E-state index contributed by atoms with van der Waals surface area (Å²) >= 11 is 0. The summed E-state index contributed by atoms with van der Waals surface area (Å²) in [5, 5.41) is 9.02. The average Bonchev–Trinajstić information content (AvgIpc) is 2.67. The van der Waals surface area contributed by atoms with Crippen molar-refractivity contribution in [3.63, 3.8) is 0 Å². The standard InChI is InChI=1S/C20H17NO5/c1-3-25-19(22)16(13-21)12-14-4-8-18(9-5-14)26-20(23)15-6-10-17(24-2)11-7-15/h4-12H,3H2,1-2H3/b16-12-. The highest BCUT2D eigenvalue weighted by Gasteiger charge is 2.11. The van der Waals surface area contributed by atoms with Crippen molar-refractivity contribution in [3.8, 4) is 17.6 Å². The third-order valence-electron chi connectivity index (χ3n) is 3.34. The fourth-order valence-corrected chi connectivity index (χ4v) is 2.04. The highest BCUT2D eigenvalue weighted by Crippen LogP contribution is 2.18. The summed E-state index contributed by atoms with van der Waals surface area (Å²) in [4.78, 5) is 23.7. The number of benzene rings is 2. The monoisotopic (exact) mass is 351 g/mol. The van der Waals surface area contributed by atoms with Crippen molar-refractivity contribution >= 4 is 18.0 Å².